The van der Waals surface area contributed by atoms with Crippen LogP contribution in [0.25, 0.3) is 0 Å². The zero-order valence-electron chi connectivity index (χ0n) is 21.3. The summed E-state index contributed by atoms with van der Waals surface area (Å²) in [7, 11) is 1.65. The van der Waals surface area contributed by atoms with Gasteiger partial charge < -0.3 is 20.1 Å². The van der Waals surface area contributed by atoms with Gasteiger partial charge in [0.1, 0.15) is 12.4 Å². The van der Waals surface area contributed by atoms with Crippen LogP contribution in [-0.2, 0) is 6.61 Å². The number of carbonyl (C=O) groups excluding carboxylic acids is 1. The van der Waals surface area contributed by atoms with Crippen LogP contribution in [-0.4, -0.2) is 60.1 Å². The summed E-state index contributed by atoms with van der Waals surface area (Å²) in [5.74, 6) is 2.43. The molecule has 1 amide bonds. The molecule has 1 saturated heterocycles. The molecule has 2 heterocycles. The molecule has 37 heavy (non-hydrogen) atoms. The van der Waals surface area contributed by atoms with E-state index in [-0.39, 0.29) is 0 Å². The summed E-state index contributed by atoms with van der Waals surface area (Å²) in [4.78, 5) is 27.6. The highest BCUT2D eigenvalue weighted by Gasteiger charge is 2.33. The number of hydrogen-bond donors (Lipinski definition) is 1. The predicted molar refractivity (Wildman–Crippen MR) is 144 cm³/mol. The highest BCUT2D eigenvalue weighted by molar-refractivity contribution is 7.99. The Balaban J connectivity index is 1.33. The van der Waals surface area contributed by atoms with Crippen molar-refractivity contribution in [2.45, 2.75) is 42.2 Å². The molecule has 1 atom stereocenters. The number of carbonyl (C=O) groups is 1. The van der Waals surface area contributed by atoms with Gasteiger partial charge in [0.05, 0.1) is 18.2 Å². The van der Waals surface area contributed by atoms with Crippen molar-refractivity contribution < 1.29 is 14.3 Å². The highest BCUT2D eigenvalue weighted by Crippen LogP contribution is 2.37. The Kier molecular flexibility index (Phi) is 7.81. The molecule has 1 aliphatic heterocycles. The average molecular weight is 520 g/mol. The Hall–Kier alpha value is -3.30. The monoisotopic (exact) mass is 519 g/mol. The van der Waals surface area contributed by atoms with Crippen LogP contribution in [0, 0.1) is 5.92 Å². The first-order chi connectivity index (χ1) is 18.0. The Labute approximate surface area is 222 Å². The number of rotatable bonds is 10. The quantitative estimate of drug-likeness (QED) is 0.425. The number of primary amides is 1. The maximum Gasteiger partial charge on any atom is 0.248 e. The molecule has 1 aliphatic carbocycles. The first kappa shape index (κ1) is 25.4. The van der Waals surface area contributed by atoms with Gasteiger partial charge in [0, 0.05) is 42.7 Å². The summed E-state index contributed by atoms with van der Waals surface area (Å²) in [6.45, 7) is 6.54. The minimum atomic E-state index is -0.446. The molecule has 9 heteroatoms. The number of nitrogens with zero attached hydrogens (tertiary/aromatic N) is 4. The van der Waals surface area contributed by atoms with Gasteiger partial charge in [-0.2, -0.15) is 4.98 Å². The molecule has 0 radical (unpaired) electrons. The van der Waals surface area contributed by atoms with Crippen molar-refractivity contribution in [2.75, 3.05) is 38.2 Å². The molecule has 2 fully saturated rings. The molecule has 8 nitrogen and oxygen atoms in total. The molecule has 3 aromatic rings. The lowest BCUT2D eigenvalue weighted by Gasteiger charge is -2.38. The zero-order chi connectivity index (χ0) is 25.8. The summed E-state index contributed by atoms with van der Waals surface area (Å²) < 4.78 is 11.6. The van der Waals surface area contributed by atoms with E-state index in [1.54, 1.807) is 19.2 Å². The van der Waals surface area contributed by atoms with E-state index in [0.29, 0.717) is 30.0 Å². The Morgan fingerprint density at radius 3 is 2.57 bits per heavy atom. The van der Waals surface area contributed by atoms with Gasteiger partial charge >= 0.3 is 0 Å². The fraction of sp³-hybridized carbons (Fsp3) is 0.393. The number of hydrogen-bond acceptors (Lipinski definition) is 8. The van der Waals surface area contributed by atoms with Gasteiger partial charge in [-0.3, -0.25) is 9.69 Å². The second-order valence-corrected chi connectivity index (χ2v) is 10.7. The molecule has 0 unspecified atom stereocenters. The largest absolute Gasteiger partial charge is 0.497 e. The van der Waals surface area contributed by atoms with Crippen molar-refractivity contribution in [2.24, 2.45) is 11.7 Å². The Bertz CT molecular complexity index is 1230. The average Bonchev–Trinajstić information content (AvgIpc) is 3.78. The SMILES string of the molecule is COc1cccc(COc2nc(N3CCN([C@H](C)C4CC4)CC3)ncc2Sc2ccc(C(N)=O)cc2)c1. The van der Waals surface area contributed by atoms with Crippen molar-refractivity contribution in [1.29, 1.82) is 0 Å². The van der Waals surface area contributed by atoms with Crippen molar-refractivity contribution in [3.63, 3.8) is 0 Å². The summed E-state index contributed by atoms with van der Waals surface area (Å²) in [6.07, 6.45) is 4.56. The van der Waals surface area contributed by atoms with Crippen LogP contribution in [0.15, 0.2) is 64.5 Å². The van der Waals surface area contributed by atoms with Crippen molar-refractivity contribution in [3.05, 3.63) is 65.9 Å². The topological polar surface area (TPSA) is 93.8 Å². The standard InChI is InChI=1S/C28H33N5O3S/c1-19(21-6-7-21)32-12-14-33(15-13-32)28-30-17-25(37-24-10-8-22(9-11-24)26(29)34)27(31-28)36-18-20-4-3-5-23(16-20)35-2/h3-5,8-11,16-17,19,21H,6-7,12-15,18H2,1-2H3,(H2,29,34)/t19-/m1/s1. The number of nitrogens with two attached hydrogens (primary N) is 1. The maximum atomic E-state index is 11.4. The van der Waals surface area contributed by atoms with Gasteiger partial charge in [0.15, 0.2) is 0 Å². The van der Waals surface area contributed by atoms with Gasteiger partial charge in [0.25, 0.3) is 0 Å². The minimum Gasteiger partial charge on any atom is -0.497 e. The van der Waals surface area contributed by atoms with Crippen LogP contribution < -0.4 is 20.1 Å². The second kappa shape index (κ2) is 11.4. The van der Waals surface area contributed by atoms with Crippen LogP contribution >= 0.6 is 11.8 Å². The summed E-state index contributed by atoms with van der Waals surface area (Å²) >= 11 is 1.49. The van der Waals surface area contributed by atoms with Crippen molar-refractivity contribution >= 4 is 23.6 Å². The predicted octanol–water partition coefficient (Wildman–Crippen LogP) is 4.23. The number of ether oxygens (including phenoxy) is 2. The van der Waals surface area contributed by atoms with E-state index < -0.39 is 5.91 Å². The highest BCUT2D eigenvalue weighted by atomic mass is 32.2. The lowest BCUT2D eigenvalue weighted by Crippen LogP contribution is -2.50. The van der Waals surface area contributed by atoms with E-state index in [4.69, 9.17) is 25.2 Å². The fourth-order valence-corrected chi connectivity index (χ4v) is 5.43. The number of methoxy groups -OCH3 is 1. The van der Waals surface area contributed by atoms with Crippen LogP contribution in [0.2, 0.25) is 0 Å². The third-order valence-corrected chi connectivity index (χ3v) is 8.07. The molecule has 1 aromatic heterocycles. The van der Waals surface area contributed by atoms with Gasteiger partial charge in [-0.15, -0.1) is 0 Å². The molecule has 2 aromatic carbocycles. The van der Waals surface area contributed by atoms with E-state index in [0.717, 1.165) is 53.2 Å². The number of aromatic nitrogens is 2. The second-order valence-electron chi connectivity index (χ2n) is 9.57. The normalized spacial score (nSPS) is 16.9. The summed E-state index contributed by atoms with van der Waals surface area (Å²) in [6, 6.07) is 15.6. The molecule has 2 N–H and O–H groups in total. The first-order valence-electron chi connectivity index (χ1n) is 12.7. The molecule has 2 aliphatic rings. The lowest BCUT2D eigenvalue weighted by atomic mass is 10.1. The first-order valence-corrected chi connectivity index (χ1v) is 13.5. The van der Waals surface area contributed by atoms with Crippen LogP contribution in [0.5, 0.6) is 11.6 Å². The lowest BCUT2D eigenvalue weighted by molar-refractivity contribution is 0.1000. The van der Waals surface area contributed by atoms with E-state index in [9.17, 15) is 4.79 Å². The third-order valence-electron chi connectivity index (χ3n) is 7.06. The molecule has 0 spiro atoms. The number of anilines is 1. The third kappa shape index (κ3) is 6.34. The van der Waals surface area contributed by atoms with E-state index in [1.807, 2.05) is 42.6 Å². The molecule has 1 saturated carbocycles. The molecular formula is C28H33N5O3S. The van der Waals surface area contributed by atoms with Gasteiger partial charge in [-0.05, 0) is 67.6 Å². The summed E-state index contributed by atoms with van der Waals surface area (Å²) in [5.41, 5.74) is 6.85. The maximum absolute atomic E-state index is 11.4. The van der Waals surface area contributed by atoms with Crippen LogP contribution in [0.1, 0.15) is 35.7 Å². The minimum absolute atomic E-state index is 0.356. The zero-order valence-corrected chi connectivity index (χ0v) is 22.1. The fourth-order valence-electron chi connectivity index (χ4n) is 4.61. The van der Waals surface area contributed by atoms with E-state index >= 15 is 0 Å². The van der Waals surface area contributed by atoms with E-state index in [2.05, 4.69) is 16.7 Å². The number of benzene rings is 2. The van der Waals surface area contributed by atoms with Gasteiger partial charge in [0.2, 0.25) is 17.7 Å². The molecule has 5 rings (SSSR count). The van der Waals surface area contributed by atoms with Crippen molar-refractivity contribution in [3.8, 4) is 11.6 Å². The van der Waals surface area contributed by atoms with E-state index in [1.165, 1.54) is 24.6 Å². The van der Waals surface area contributed by atoms with Crippen LogP contribution in [0.4, 0.5) is 5.95 Å². The summed E-state index contributed by atoms with van der Waals surface area (Å²) in [5, 5.41) is 0. The van der Waals surface area contributed by atoms with Gasteiger partial charge in [-0.1, -0.05) is 23.9 Å². The van der Waals surface area contributed by atoms with Crippen molar-refractivity contribution in [1.82, 2.24) is 14.9 Å². The number of piperazine rings is 1. The molecule has 194 valence electrons. The van der Waals surface area contributed by atoms with Crippen LogP contribution in [0.3, 0.4) is 0 Å². The Morgan fingerprint density at radius 1 is 1.14 bits per heavy atom. The van der Waals surface area contributed by atoms with Gasteiger partial charge in [-0.25, -0.2) is 4.98 Å². The molecular weight excluding hydrogens is 486 g/mol. The molecule has 0 bridgehead atoms. The smallest absolute Gasteiger partial charge is 0.248 e. The Morgan fingerprint density at radius 2 is 1.89 bits per heavy atom. The number of amides is 1.